The molecule has 0 spiro atoms. The van der Waals surface area contributed by atoms with E-state index in [1.807, 2.05) is 66.7 Å². The number of hydrogen-bond donors (Lipinski definition) is 1. The SMILES string of the molecule is CC(C)(C)OC(=O)Cn1cc(C[C@H](NC(=O)OCc2ccccc2)C(=O)OCc2ccccc2)c2cccnc21. The van der Waals surface area contributed by atoms with Gasteiger partial charge in [-0.05, 0) is 49.6 Å². The first-order valence-electron chi connectivity index (χ1n) is 13.0. The summed E-state index contributed by atoms with van der Waals surface area (Å²) in [5.74, 6) is -1.03. The monoisotopic (exact) mass is 543 g/mol. The Labute approximate surface area is 233 Å². The van der Waals surface area contributed by atoms with E-state index >= 15 is 0 Å². The standard InChI is InChI=1S/C31H33N3O6/c1-31(2,3)40-27(35)19-34-18-24(25-15-10-16-32-28(25)34)17-26(29(36)38-20-22-11-6-4-7-12-22)33-30(37)39-21-23-13-8-5-9-14-23/h4-16,18,26H,17,19-21H2,1-3H3,(H,33,37)/t26-/m0/s1. The third-order valence-electron chi connectivity index (χ3n) is 5.87. The molecule has 4 aromatic rings. The minimum atomic E-state index is -1.05. The Morgan fingerprint density at radius 1 is 0.875 bits per heavy atom. The van der Waals surface area contributed by atoms with Crippen LogP contribution in [0, 0.1) is 0 Å². The molecule has 0 radical (unpaired) electrons. The molecule has 0 aliphatic carbocycles. The molecule has 9 nitrogen and oxygen atoms in total. The largest absolute Gasteiger partial charge is 0.459 e. The number of fused-ring (bicyclic) bond motifs is 1. The summed E-state index contributed by atoms with van der Waals surface area (Å²) >= 11 is 0. The fraction of sp³-hybridized carbons (Fsp3) is 0.290. The summed E-state index contributed by atoms with van der Waals surface area (Å²) in [5, 5.41) is 3.40. The van der Waals surface area contributed by atoms with Gasteiger partial charge < -0.3 is 24.1 Å². The molecule has 2 heterocycles. The number of hydrogen-bond acceptors (Lipinski definition) is 7. The average Bonchev–Trinajstić information content (AvgIpc) is 3.27. The highest BCUT2D eigenvalue weighted by Crippen LogP contribution is 2.22. The lowest BCUT2D eigenvalue weighted by Crippen LogP contribution is -2.43. The highest BCUT2D eigenvalue weighted by molar-refractivity contribution is 5.85. The summed E-state index contributed by atoms with van der Waals surface area (Å²) in [6.45, 7) is 5.46. The third kappa shape index (κ3) is 8.17. The van der Waals surface area contributed by atoms with Crippen LogP contribution in [-0.4, -0.2) is 39.2 Å². The fourth-order valence-electron chi connectivity index (χ4n) is 4.14. The van der Waals surface area contributed by atoms with Crippen LogP contribution in [0.5, 0.6) is 0 Å². The van der Waals surface area contributed by atoms with Gasteiger partial charge in [0.2, 0.25) is 0 Å². The molecule has 1 atom stereocenters. The zero-order valence-corrected chi connectivity index (χ0v) is 22.8. The van der Waals surface area contributed by atoms with Crippen molar-refractivity contribution in [3.05, 3.63) is 102 Å². The molecule has 4 rings (SSSR count). The quantitative estimate of drug-likeness (QED) is 0.222. The maximum absolute atomic E-state index is 13.2. The Balaban J connectivity index is 1.53. The van der Waals surface area contributed by atoms with Crippen LogP contribution in [0.1, 0.15) is 37.5 Å². The number of rotatable bonds is 10. The van der Waals surface area contributed by atoms with E-state index < -0.39 is 29.7 Å². The summed E-state index contributed by atoms with van der Waals surface area (Å²) in [4.78, 5) is 42.9. The topological polar surface area (TPSA) is 109 Å². The normalized spacial score (nSPS) is 12.0. The highest BCUT2D eigenvalue weighted by atomic mass is 16.6. The van der Waals surface area contributed by atoms with E-state index in [-0.39, 0.29) is 26.2 Å². The predicted octanol–water partition coefficient (Wildman–Crippen LogP) is 4.96. The van der Waals surface area contributed by atoms with Gasteiger partial charge in [0.15, 0.2) is 0 Å². The number of aromatic nitrogens is 2. The zero-order chi connectivity index (χ0) is 28.5. The first-order valence-corrected chi connectivity index (χ1v) is 13.0. The number of pyridine rings is 1. The van der Waals surface area contributed by atoms with Crippen LogP contribution >= 0.6 is 0 Å². The van der Waals surface area contributed by atoms with Crippen LogP contribution in [0.15, 0.2) is 85.2 Å². The first kappa shape index (κ1) is 28.4. The van der Waals surface area contributed by atoms with Crippen LogP contribution in [0.2, 0.25) is 0 Å². The molecule has 9 heteroatoms. The second kappa shape index (κ2) is 12.9. The lowest BCUT2D eigenvalue weighted by atomic mass is 10.1. The Morgan fingerprint density at radius 2 is 1.50 bits per heavy atom. The zero-order valence-electron chi connectivity index (χ0n) is 22.8. The summed E-state index contributed by atoms with van der Waals surface area (Å²) in [7, 11) is 0. The maximum Gasteiger partial charge on any atom is 0.408 e. The number of ether oxygens (including phenoxy) is 3. The third-order valence-corrected chi connectivity index (χ3v) is 5.87. The van der Waals surface area contributed by atoms with E-state index in [0.717, 1.165) is 16.5 Å². The number of benzene rings is 2. The van der Waals surface area contributed by atoms with Crippen molar-refractivity contribution in [2.75, 3.05) is 0 Å². The van der Waals surface area contributed by atoms with E-state index in [9.17, 15) is 14.4 Å². The lowest BCUT2D eigenvalue weighted by molar-refractivity contribution is -0.155. The molecule has 1 N–H and O–H groups in total. The van der Waals surface area contributed by atoms with Crippen molar-refractivity contribution < 1.29 is 28.6 Å². The van der Waals surface area contributed by atoms with Crippen LogP contribution in [-0.2, 0) is 50.0 Å². The van der Waals surface area contributed by atoms with Crippen molar-refractivity contribution in [1.82, 2.24) is 14.9 Å². The Bertz CT molecular complexity index is 1440. The van der Waals surface area contributed by atoms with E-state index in [0.29, 0.717) is 11.2 Å². The van der Waals surface area contributed by atoms with Gasteiger partial charge in [-0.1, -0.05) is 60.7 Å². The van der Waals surface area contributed by atoms with Crippen molar-refractivity contribution in [3.63, 3.8) is 0 Å². The van der Waals surface area contributed by atoms with Crippen molar-refractivity contribution in [2.24, 2.45) is 0 Å². The van der Waals surface area contributed by atoms with Crippen molar-refractivity contribution in [2.45, 2.75) is 58.6 Å². The molecule has 0 aliphatic rings. The van der Waals surface area contributed by atoms with Crippen LogP contribution in [0.3, 0.4) is 0 Å². The van der Waals surface area contributed by atoms with E-state index in [4.69, 9.17) is 14.2 Å². The minimum absolute atomic E-state index is 0.0531. The minimum Gasteiger partial charge on any atom is -0.459 e. The molecule has 0 saturated heterocycles. The van der Waals surface area contributed by atoms with Crippen molar-refractivity contribution >= 4 is 29.1 Å². The number of amides is 1. The van der Waals surface area contributed by atoms with Gasteiger partial charge in [-0.2, -0.15) is 0 Å². The summed E-state index contributed by atoms with van der Waals surface area (Å²) in [6, 6.07) is 21.1. The molecule has 0 saturated carbocycles. The van der Waals surface area contributed by atoms with Gasteiger partial charge in [0.25, 0.3) is 0 Å². The number of nitrogens with zero attached hydrogens (tertiary/aromatic N) is 2. The number of alkyl carbamates (subject to hydrolysis) is 1. The van der Waals surface area contributed by atoms with Gasteiger partial charge in [0, 0.05) is 24.2 Å². The smallest absolute Gasteiger partial charge is 0.408 e. The number of carbonyl (C=O) groups is 3. The van der Waals surface area contributed by atoms with Crippen LogP contribution in [0.4, 0.5) is 4.79 Å². The van der Waals surface area contributed by atoms with Gasteiger partial charge in [0.1, 0.15) is 37.0 Å². The molecule has 0 unspecified atom stereocenters. The molecule has 0 fully saturated rings. The molecule has 0 bridgehead atoms. The predicted molar refractivity (Wildman–Crippen MR) is 149 cm³/mol. The molecule has 0 aliphatic heterocycles. The van der Waals surface area contributed by atoms with E-state index in [2.05, 4.69) is 10.3 Å². The number of carbonyl (C=O) groups excluding carboxylic acids is 3. The van der Waals surface area contributed by atoms with Crippen molar-refractivity contribution in [3.8, 4) is 0 Å². The Kier molecular flexibility index (Phi) is 9.16. The molecule has 40 heavy (non-hydrogen) atoms. The van der Waals surface area contributed by atoms with Gasteiger partial charge in [-0.15, -0.1) is 0 Å². The Morgan fingerprint density at radius 3 is 2.12 bits per heavy atom. The number of nitrogens with one attached hydrogen (secondary N) is 1. The van der Waals surface area contributed by atoms with E-state index in [1.165, 1.54) is 0 Å². The molecule has 208 valence electrons. The van der Waals surface area contributed by atoms with Gasteiger partial charge in [0.05, 0.1) is 0 Å². The van der Waals surface area contributed by atoms with E-state index in [1.54, 1.807) is 43.8 Å². The summed E-state index contributed by atoms with van der Waals surface area (Å²) in [6.07, 6.45) is 2.72. The van der Waals surface area contributed by atoms with Crippen molar-refractivity contribution in [1.29, 1.82) is 0 Å². The molecular formula is C31H33N3O6. The van der Waals surface area contributed by atoms with Crippen LogP contribution in [0.25, 0.3) is 11.0 Å². The lowest BCUT2D eigenvalue weighted by Gasteiger charge is -2.19. The number of esters is 2. The molecule has 1 amide bonds. The van der Waals surface area contributed by atoms with Gasteiger partial charge >= 0.3 is 18.0 Å². The first-order chi connectivity index (χ1) is 19.2. The maximum atomic E-state index is 13.2. The average molecular weight is 544 g/mol. The molecule has 2 aromatic heterocycles. The van der Waals surface area contributed by atoms with Gasteiger partial charge in [-0.3, -0.25) is 4.79 Å². The second-order valence-electron chi connectivity index (χ2n) is 10.3. The summed E-state index contributed by atoms with van der Waals surface area (Å²) in [5.41, 5.74) is 2.27. The second-order valence-corrected chi connectivity index (χ2v) is 10.3. The van der Waals surface area contributed by atoms with Crippen LogP contribution < -0.4 is 5.32 Å². The fourth-order valence-corrected chi connectivity index (χ4v) is 4.14. The highest BCUT2D eigenvalue weighted by Gasteiger charge is 2.26. The summed E-state index contributed by atoms with van der Waals surface area (Å²) < 4.78 is 18.1. The molecule has 2 aromatic carbocycles. The molecular weight excluding hydrogens is 510 g/mol. The Hall–Kier alpha value is -4.66. The van der Waals surface area contributed by atoms with Gasteiger partial charge in [-0.25, -0.2) is 14.6 Å².